The maximum Gasteiger partial charge on any atom is 0.414 e. The molecule has 0 aromatic rings. The first-order valence-electron chi connectivity index (χ1n) is 5.89. The quantitative estimate of drug-likeness (QED) is 0.720. The third-order valence-corrected chi connectivity index (χ3v) is 3.02. The molecule has 1 fully saturated rings. The largest absolute Gasteiger partial charge is 0.414 e. The molecule has 1 aliphatic carbocycles. The van der Waals surface area contributed by atoms with E-state index in [0.29, 0.717) is 12.5 Å². The summed E-state index contributed by atoms with van der Waals surface area (Å²) < 4.78 is 40.9. The van der Waals surface area contributed by atoms with E-state index in [1.807, 2.05) is 0 Å². The second kappa shape index (κ2) is 6.45. The minimum atomic E-state index is -4.24. The summed E-state index contributed by atoms with van der Waals surface area (Å²) in [7, 11) is 0. The number of hydrogen-bond acceptors (Lipinski definition) is 2. The number of halogens is 3. The Hall–Kier alpha value is -0.290. The van der Waals surface area contributed by atoms with Crippen molar-refractivity contribution in [3.63, 3.8) is 0 Å². The molecule has 0 bridgehead atoms. The van der Waals surface area contributed by atoms with E-state index in [1.54, 1.807) is 0 Å². The van der Waals surface area contributed by atoms with Gasteiger partial charge < -0.3 is 10.1 Å². The Morgan fingerprint density at radius 3 is 2.50 bits per heavy atom. The van der Waals surface area contributed by atoms with E-state index in [0.717, 1.165) is 13.5 Å². The lowest BCUT2D eigenvalue weighted by molar-refractivity contribution is -0.213. The second-order valence-corrected chi connectivity index (χ2v) is 4.41. The van der Waals surface area contributed by atoms with Crippen molar-refractivity contribution in [2.75, 3.05) is 19.7 Å². The van der Waals surface area contributed by atoms with Gasteiger partial charge in [0, 0.05) is 6.54 Å². The van der Waals surface area contributed by atoms with Crippen LogP contribution >= 0.6 is 0 Å². The fourth-order valence-corrected chi connectivity index (χ4v) is 1.92. The number of nitrogens with one attached hydrogen (secondary N) is 1. The normalized spacial score (nSPS) is 20.2. The van der Waals surface area contributed by atoms with E-state index in [2.05, 4.69) is 10.1 Å². The maximum absolute atomic E-state index is 12.1. The van der Waals surface area contributed by atoms with Crippen molar-refractivity contribution in [3.05, 3.63) is 0 Å². The predicted octanol–water partition coefficient (Wildman–Crippen LogP) is 2.73. The van der Waals surface area contributed by atoms with Crippen molar-refractivity contribution in [3.8, 4) is 0 Å². The fourth-order valence-electron chi connectivity index (χ4n) is 1.92. The molecule has 1 unspecified atom stereocenters. The van der Waals surface area contributed by atoms with Crippen LogP contribution in [0, 0.1) is 5.92 Å². The highest BCUT2D eigenvalue weighted by molar-refractivity contribution is 4.69. The van der Waals surface area contributed by atoms with Crippen molar-refractivity contribution in [2.24, 2.45) is 5.92 Å². The summed E-state index contributed by atoms with van der Waals surface area (Å²) in [5.41, 5.74) is 0. The van der Waals surface area contributed by atoms with Crippen LogP contribution in [0.4, 0.5) is 13.2 Å². The van der Waals surface area contributed by atoms with E-state index in [4.69, 9.17) is 0 Å². The van der Waals surface area contributed by atoms with Crippen molar-refractivity contribution in [2.45, 2.75) is 44.9 Å². The summed E-state index contributed by atoms with van der Waals surface area (Å²) in [5.74, 6) is 0.708. The Bertz CT molecular complexity index is 190. The molecule has 5 heteroatoms. The van der Waals surface area contributed by atoms with Crippen LogP contribution in [0.5, 0.6) is 0 Å². The Balaban J connectivity index is 1.95. The van der Waals surface area contributed by atoms with Gasteiger partial charge in [0.1, 0.15) is 0 Å². The average molecular weight is 239 g/mol. The van der Waals surface area contributed by atoms with Crippen molar-refractivity contribution in [1.82, 2.24) is 5.32 Å². The summed E-state index contributed by atoms with van der Waals surface area (Å²) in [6.07, 6.45) is -0.853. The molecular weight excluding hydrogens is 219 g/mol. The van der Waals surface area contributed by atoms with Gasteiger partial charge in [-0.2, -0.15) is 13.2 Å². The van der Waals surface area contributed by atoms with Crippen LogP contribution in [0.3, 0.4) is 0 Å². The van der Waals surface area contributed by atoms with Crippen LogP contribution in [-0.2, 0) is 4.74 Å². The van der Waals surface area contributed by atoms with Crippen LogP contribution in [0.15, 0.2) is 0 Å². The van der Waals surface area contributed by atoms with Crippen LogP contribution < -0.4 is 5.32 Å². The Kier molecular flexibility index (Phi) is 5.55. The number of ether oxygens (including phenoxy) is 1. The van der Waals surface area contributed by atoms with Gasteiger partial charge >= 0.3 is 6.18 Å². The molecule has 2 nitrogen and oxygen atoms in total. The second-order valence-electron chi connectivity index (χ2n) is 4.41. The summed E-state index contributed by atoms with van der Waals surface area (Å²) in [4.78, 5) is 0. The first kappa shape index (κ1) is 13.8. The van der Waals surface area contributed by atoms with E-state index in [-0.39, 0.29) is 6.61 Å². The Labute approximate surface area is 94.5 Å². The van der Waals surface area contributed by atoms with Gasteiger partial charge in [0.25, 0.3) is 0 Å². The summed E-state index contributed by atoms with van der Waals surface area (Å²) in [6, 6.07) is 0. The molecule has 0 heterocycles. The zero-order chi connectivity index (χ0) is 12.0. The van der Waals surface area contributed by atoms with E-state index >= 15 is 0 Å². The Morgan fingerprint density at radius 1 is 1.31 bits per heavy atom. The summed E-state index contributed by atoms with van der Waals surface area (Å²) in [6.45, 7) is 2.56. The van der Waals surface area contributed by atoms with Crippen molar-refractivity contribution < 1.29 is 17.9 Å². The molecule has 1 rings (SSSR count). The standard InChI is InChI=1S/C11H20F3NO/c1-9(11(12,13)14)16-7-6-15-8-10-4-2-3-5-10/h9-10,15H,2-8H2,1H3. The lowest BCUT2D eigenvalue weighted by Crippen LogP contribution is -2.32. The van der Waals surface area contributed by atoms with Crippen LogP contribution in [0.25, 0.3) is 0 Å². The average Bonchev–Trinajstić information content (AvgIpc) is 2.68. The van der Waals surface area contributed by atoms with Gasteiger partial charge in [0.15, 0.2) is 6.10 Å². The molecule has 1 atom stereocenters. The molecule has 96 valence electrons. The predicted molar refractivity (Wildman–Crippen MR) is 56.3 cm³/mol. The molecule has 1 saturated carbocycles. The van der Waals surface area contributed by atoms with Gasteiger partial charge in [-0.05, 0) is 32.2 Å². The van der Waals surface area contributed by atoms with Gasteiger partial charge in [-0.15, -0.1) is 0 Å². The molecule has 0 spiro atoms. The lowest BCUT2D eigenvalue weighted by Gasteiger charge is -2.17. The number of alkyl halides is 3. The van der Waals surface area contributed by atoms with Crippen molar-refractivity contribution >= 4 is 0 Å². The third kappa shape index (κ3) is 5.16. The Morgan fingerprint density at radius 2 is 1.94 bits per heavy atom. The molecule has 0 amide bonds. The number of rotatable bonds is 6. The summed E-state index contributed by atoms with van der Waals surface area (Å²) in [5, 5.41) is 3.14. The molecule has 0 saturated heterocycles. The molecule has 16 heavy (non-hydrogen) atoms. The highest BCUT2D eigenvalue weighted by Gasteiger charge is 2.36. The van der Waals surface area contributed by atoms with Gasteiger partial charge in [0.2, 0.25) is 0 Å². The molecule has 1 N–H and O–H groups in total. The minimum absolute atomic E-state index is 0.118. The molecule has 1 aliphatic rings. The third-order valence-electron chi connectivity index (χ3n) is 3.02. The van der Waals surface area contributed by atoms with Gasteiger partial charge in [0.05, 0.1) is 6.61 Å². The van der Waals surface area contributed by atoms with E-state index in [1.165, 1.54) is 25.7 Å². The van der Waals surface area contributed by atoms with E-state index < -0.39 is 12.3 Å². The van der Waals surface area contributed by atoms with Crippen LogP contribution in [0.2, 0.25) is 0 Å². The molecule has 0 aromatic carbocycles. The molecule has 0 radical (unpaired) electrons. The maximum atomic E-state index is 12.1. The lowest BCUT2D eigenvalue weighted by atomic mass is 10.1. The van der Waals surface area contributed by atoms with Gasteiger partial charge in [-0.3, -0.25) is 0 Å². The van der Waals surface area contributed by atoms with Crippen LogP contribution in [0.1, 0.15) is 32.6 Å². The molecule has 0 aromatic heterocycles. The van der Waals surface area contributed by atoms with Gasteiger partial charge in [-0.25, -0.2) is 0 Å². The smallest absolute Gasteiger partial charge is 0.368 e. The van der Waals surface area contributed by atoms with E-state index in [9.17, 15) is 13.2 Å². The fraction of sp³-hybridized carbons (Fsp3) is 1.00. The molecule has 0 aliphatic heterocycles. The monoisotopic (exact) mass is 239 g/mol. The topological polar surface area (TPSA) is 21.3 Å². The number of hydrogen-bond donors (Lipinski definition) is 1. The first-order valence-corrected chi connectivity index (χ1v) is 5.89. The highest BCUT2D eigenvalue weighted by Crippen LogP contribution is 2.24. The van der Waals surface area contributed by atoms with Crippen LogP contribution in [-0.4, -0.2) is 32.0 Å². The van der Waals surface area contributed by atoms with Crippen molar-refractivity contribution in [1.29, 1.82) is 0 Å². The minimum Gasteiger partial charge on any atom is -0.368 e. The van der Waals surface area contributed by atoms with Gasteiger partial charge in [-0.1, -0.05) is 12.8 Å². The first-order chi connectivity index (χ1) is 7.50. The zero-order valence-electron chi connectivity index (χ0n) is 9.65. The zero-order valence-corrected chi connectivity index (χ0v) is 9.65. The summed E-state index contributed by atoms with van der Waals surface area (Å²) >= 11 is 0. The SMILES string of the molecule is CC(OCCNCC1CCCC1)C(F)(F)F. The highest BCUT2D eigenvalue weighted by atomic mass is 19.4. The molecular formula is C11H20F3NO.